The molecule has 1 aromatic rings. The molecule has 0 unspecified atom stereocenters. The number of benzene rings is 1. The molecular weight excluding hydrogens is 268 g/mol. The van der Waals surface area contributed by atoms with E-state index in [2.05, 4.69) is 11.8 Å². The van der Waals surface area contributed by atoms with E-state index in [1.807, 2.05) is 18.2 Å². The van der Waals surface area contributed by atoms with E-state index in [4.69, 9.17) is 19.9 Å². The Morgan fingerprint density at radius 1 is 1.00 bits per heavy atom. The number of nitrogens with two attached hydrogens (primary N) is 1. The molecule has 0 fully saturated rings. The molecule has 0 atom stereocenters. The third-order valence-electron chi connectivity index (χ3n) is 3.09. The average molecular weight is 296 g/mol. The second kappa shape index (κ2) is 10.3. The lowest BCUT2D eigenvalue weighted by molar-refractivity contribution is 0.191. The smallest absolute Gasteiger partial charge is 0.123 e. The number of ether oxygens (including phenoxy) is 3. The Kier molecular flexibility index (Phi) is 8.62. The van der Waals surface area contributed by atoms with Crippen LogP contribution in [-0.4, -0.2) is 47.1 Å². The third-order valence-corrected chi connectivity index (χ3v) is 3.09. The highest BCUT2D eigenvalue weighted by Gasteiger charge is 2.09. The Hall–Kier alpha value is -1.46. The normalized spacial score (nSPS) is 10.6. The Balaban J connectivity index is 2.80. The lowest BCUT2D eigenvalue weighted by atomic mass is 10.2. The van der Waals surface area contributed by atoms with Crippen molar-refractivity contribution < 1.29 is 14.2 Å². The van der Waals surface area contributed by atoms with Crippen LogP contribution in [0.15, 0.2) is 18.2 Å². The highest BCUT2D eigenvalue weighted by molar-refractivity contribution is 5.60. The van der Waals surface area contributed by atoms with Gasteiger partial charge in [-0.3, -0.25) is 0 Å². The van der Waals surface area contributed by atoms with Gasteiger partial charge in [0.25, 0.3) is 0 Å². The van der Waals surface area contributed by atoms with E-state index in [9.17, 15) is 0 Å². The Labute approximate surface area is 128 Å². The number of hydrogen-bond acceptors (Lipinski definition) is 5. The number of hydrogen-bond donors (Lipinski definition) is 1. The summed E-state index contributed by atoms with van der Waals surface area (Å²) in [6, 6.07) is 5.87. The number of nitrogens with zero attached hydrogens (tertiary/aromatic N) is 1. The molecule has 0 aliphatic heterocycles. The van der Waals surface area contributed by atoms with Crippen LogP contribution in [0, 0.1) is 0 Å². The number of anilines is 2. The molecule has 5 nitrogen and oxygen atoms in total. The van der Waals surface area contributed by atoms with Crippen LogP contribution < -0.4 is 15.4 Å². The fourth-order valence-corrected chi connectivity index (χ4v) is 2.06. The average Bonchev–Trinajstić information content (AvgIpc) is 2.48. The highest BCUT2D eigenvalue weighted by Crippen LogP contribution is 2.26. The molecule has 0 aliphatic rings. The van der Waals surface area contributed by atoms with Gasteiger partial charge in [0.05, 0.1) is 13.2 Å². The SMILES string of the molecule is CCCOc1cc(N)cc(N(CCCOC)CCOC)c1. The highest BCUT2D eigenvalue weighted by atomic mass is 16.5. The van der Waals surface area contributed by atoms with Crippen molar-refractivity contribution in [2.45, 2.75) is 19.8 Å². The molecule has 0 aliphatic carbocycles. The van der Waals surface area contributed by atoms with Crippen molar-refractivity contribution in [1.82, 2.24) is 0 Å². The zero-order valence-electron chi connectivity index (χ0n) is 13.4. The zero-order chi connectivity index (χ0) is 15.5. The molecule has 0 aromatic heterocycles. The standard InChI is InChI=1S/C16H28N2O3/c1-4-8-21-16-12-14(17)11-15(13-16)18(7-10-20-3)6-5-9-19-2/h11-13H,4-10,17H2,1-3H3. The van der Waals surface area contributed by atoms with E-state index in [-0.39, 0.29) is 0 Å². The van der Waals surface area contributed by atoms with Crippen LogP contribution >= 0.6 is 0 Å². The molecule has 0 radical (unpaired) electrons. The van der Waals surface area contributed by atoms with Gasteiger partial charge in [0.1, 0.15) is 5.75 Å². The van der Waals surface area contributed by atoms with Crippen LogP contribution in [0.5, 0.6) is 5.75 Å². The topological polar surface area (TPSA) is 57.0 Å². The Bertz CT molecular complexity index is 399. The summed E-state index contributed by atoms with van der Waals surface area (Å²) < 4.78 is 16.0. The molecule has 120 valence electrons. The lowest BCUT2D eigenvalue weighted by Gasteiger charge is -2.25. The van der Waals surface area contributed by atoms with Crippen LogP contribution in [0.4, 0.5) is 11.4 Å². The second-order valence-corrected chi connectivity index (χ2v) is 4.93. The predicted molar refractivity (Wildman–Crippen MR) is 87.2 cm³/mol. The van der Waals surface area contributed by atoms with Gasteiger partial charge in [0.2, 0.25) is 0 Å². The monoisotopic (exact) mass is 296 g/mol. The van der Waals surface area contributed by atoms with Gasteiger partial charge in [-0.05, 0) is 18.9 Å². The quantitative estimate of drug-likeness (QED) is 0.502. The summed E-state index contributed by atoms with van der Waals surface area (Å²) in [6.45, 7) is 5.91. The summed E-state index contributed by atoms with van der Waals surface area (Å²) >= 11 is 0. The molecule has 2 N–H and O–H groups in total. The maximum absolute atomic E-state index is 5.99. The van der Waals surface area contributed by atoms with E-state index >= 15 is 0 Å². The zero-order valence-corrected chi connectivity index (χ0v) is 13.4. The van der Waals surface area contributed by atoms with Crippen molar-refractivity contribution in [3.63, 3.8) is 0 Å². The van der Waals surface area contributed by atoms with Crippen molar-refractivity contribution in [3.8, 4) is 5.75 Å². The summed E-state index contributed by atoms with van der Waals surface area (Å²) in [5.74, 6) is 0.820. The van der Waals surface area contributed by atoms with E-state index in [0.717, 1.165) is 44.0 Å². The third kappa shape index (κ3) is 6.69. The first kappa shape index (κ1) is 17.6. The van der Waals surface area contributed by atoms with Gasteiger partial charge >= 0.3 is 0 Å². The summed E-state index contributed by atoms with van der Waals surface area (Å²) in [4.78, 5) is 2.25. The van der Waals surface area contributed by atoms with Crippen molar-refractivity contribution >= 4 is 11.4 Å². The predicted octanol–water partition coefficient (Wildman–Crippen LogP) is 2.55. The maximum atomic E-state index is 5.99. The van der Waals surface area contributed by atoms with E-state index in [0.29, 0.717) is 18.9 Å². The minimum absolute atomic E-state index is 0.674. The van der Waals surface area contributed by atoms with Crippen molar-refractivity contribution in [1.29, 1.82) is 0 Å². The Morgan fingerprint density at radius 2 is 1.76 bits per heavy atom. The molecule has 1 rings (SSSR count). The summed E-state index contributed by atoms with van der Waals surface area (Å²) in [6.07, 6.45) is 1.94. The molecule has 0 spiro atoms. The largest absolute Gasteiger partial charge is 0.493 e. The first-order chi connectivity index (χ1) is 10.2. The molecule has 0 amide bonds. The van der Waals surface area contributed by atoms with Gasteiger partial charge in [0, 0.05) is 57.4 Å². The van der Waals surface area contributed by atoms with Crippen LogP contribution in [-0.2, 0) is 9.47 Å². The molecular formula is C16H28N2O3. The fraction of sp³-hybridized carbons (Fsp3) is 0.625. The molecule has 0 saturated carbocycles. The van der Waals surface area contributed by atoms with E-state index in [1.165, 1.54) is 0 Å². The van der Waals surface area contributed by atoms with Gasteiger partial charge < -0.3 is 24.8 Å². The molecule has 5 heteroatoms. The van der Waals surface area contributed by atoms with Gasteiger partial charge in [-0.1, -0.05) is 6.92 Å². The molecule has 0 bridgehead atoms. The van der Waals surface area contributed by atoms with Gasteiger partial charge in [0.15, 0.2) is 0 Å². The number of rotatable bonds is 11. The van der Waals surface area contributed by atoms with Crippen LogP contribution in [0.25, 0.3) is 0 Å². The van der Waals surface area contributed by atoms with Crippen LogP contribution in [0.3, 0.4) is 0 Å². The van der Waals surface area contributed by atoms with Gasteiger partial charge in [-0.2, -0.15) is 0 Å². The van der Waals surface area contributed by atoms with Crippen molar-refractivity contribution in [2.24, 2.45) is 0 Å². The van der Waals surface area contributed by atoms with Gasteiger partial charge in [-0.25, -0.2) is 0 Å². The van der Waals surface area contributed by atoms with Crippen LogP contribution in [0.1, 0.15) is 19.8 Å². The number of methoxy groups -OCH3 is 2. The lowest BCUT2D eigenvalue weighted by Crippen LogP contribution is -2.29. The van der Waals surface area contributed by atoms with E-state index in [1.54, 1.807) is 14.2 Å². The fourth-order valence-electron chi connectivity index (χ4n) is 2.06. The number of nitrogen functional groups attached to an aromatic ring is 1. The molecule has 0 saturated heterocycles. The van der Waals surface area contributed by atoms with Gasteiger partial charge in [-0.15, -0.1) is 0 Å². The Morgan fingerprint density at radius 3 is 2.43 bits per heavy atom. The van der Waals surface area contributed by atoms with E-state index < -0.39 is 0 Å². The van der Waals surface area contributed by atoms with Crippen molar-refractivity contribution in [2.75, 3.05) is 57.8 Å². The summed E-state index contributed by atoms with van der Waals surface area (Å²) in [5.41, 5.74) is 7.77. The molecule has 21 heavy (non-hydrogen) atoms. The summed E-state index contributed by atoms with van der Waals surface area (Å²) in [5, 5.41) is 0. The molecule has 1 aromatic carbocycles. The first-order valence-electron chi connectivity index (χ1n) is 7.47. The first-order valence-corrected chi connectivity index (χ1v) is 7.47. The minimum Gasteiger partial charge on any atom is -0.493 e. The van der Waals surface area contributed by atoms with Crippen LogP contribution in [0.2, 0.25) is 0 Å². The van der Waals surface area contributed by atoms with Crippen molar-refractivity contribution in [3.05, 3.63) is 18.2 Å². The minimum atomic E-state index is 0.674. The second-order valence-electron chi connectivity index (χ2n) is 4.93. The molecule has 0 heterocycles. The maximum Gasteiger partial charge on any atom is 0.123 e. The summed E-state index contributed by atoms with van der Waals surface area (Å²) in [7, 11) is 3.43.